The van der Waals surface area contributed by atoms with E-state index < -0.39 is 9.63 Å². The fraction of sp³-hybridized carbons (Fsp3) is 0.250. The molecule has 0 atom stereocenters. The van der Waals surface area contributed by atoms with Gasteiger partial charge in [-0.3, -0.25) is 0 Å². The van der Waals surface area contributed by atoms with Crippen molar-refractivity contribution in [2.45, 2.75) is 4.90 Å². The second-order valence-corrected chi connectivity index (χ2v) is 8.40. The highest BCUT2D eigenvalue weighted by Gasteiger charge is 2.46. The summed E-state index contributed by atoms with van der Waals surface area (Å²) in [5.74, 6) is 0. The topological polar surface area (TPSA) is 34.5 Å². The molecule has 3 heteroatoms. The molecule has 1 aromatic carbocycles. The van der Waals surface area contributed by atoms with E-state index in [0.717, 1.165) is 0 Å². The highest BCUT2D eigenvalue weighted by Crippen LogP contribution is 2.77. The van der Waals surface area contributed by atoms with Crippen LogP contribution in [0.5, 0.6) is 0 Å². The molecule has 1 aliphatic heterocycles. The van der Waals surface area contributed by atoms with Crippen molar-refractivity contribution in [1.29, 1.82) is 0 Å². The minimum atomic E-state index is -1.99. The van der Waals surface area contributed by atoms with E-state index in [1.807, 2.05) is 18.2 Å². The monoisotopic (exact) mass is 171 g/mol. The molecule has 0 aromatic heterocycles. The van der Waals surface area contributed by atoms with Crippen LogP contribution in [-0.4, -0.2) is 12.5 Å². The fourth-order valence-corrected chi connectivity index (χ4v) is 3.14. The Kier molecular flexibility index (Phi) is 1.17. The third kappa shape index (κ3) is 1.05. The molecular weight excluding hydrogens is 158 g/mol. The average molecular weight is 171 g/mol. The van der Waals surface area contributed by atoms with Gasteiger partial charge in [0.25, 0.3) is 0 Å². The van der Waals surface area contributed by atoms with Crippen molar-refractivity contribution in [3.8, 4) is 0 Å². The molecule has 62 valence electrons. The quantitative estimate of drug-likeness (QED) is 0.498. The fourth-order valence-electron chi connectivity index (χ4n) is 1.07. The van der Waals surface area contributed by atoms with Crippen LogP contribution in [0.4, 0.5) is 0 Å². The van der Waals surface area contributed by atoms with Crippen molar-refractivity contribution in [3.05, 3.63) is 30.3 Å². The number of nitrogens with one attached hydrogen (secondary N) is 1. The summed E-state index contributed by atoms with van der Waals surface area (Å²) in [7, 11) is -1.99. The highest BCUT2D eigenvalue weighted by atomic mass is 32.3. The summed E-state index contributed by atoms with van der Waals surface area (Å²) in [5, 5.41) is 0. The Bertz CT molecular complexity index is 275. The normalized spacial score (nSPS) is 28.4. The van der Waals surface area contributed by atoms with Crippen molar-refractivity contribution in [1.82, 2.24) is 4.89 Å². The summed E-state index contributed by atoms with van der Waals surface area (Å²) in [6.45, 7) is 0. The van der Waals surface area contributed by atoms with Crippen LogP contribution >= 0.6 is 9.63 Å². The SMILES string of the molecule is C[SH]1(C)(c2ccccc2)NO1. The van der Waals surface area contributed by atoms with Crippen LogP contribution in [0, 0.1) is 0 Å². The number of rotatable bonds is 1. The van der Waals surface area contributed by atoms with Crippen molar-refractivity contribution in [3.63, 3.8) is 0 Å². The molecule has 0 bridgehead atoms. The first-order chi connectivity index (χ1) is 5.10. The molecule has 0 spiro atoms. The molecule has 1 heterocycles. The maximum Gasteiger partial charge on any atom is 0.00821 e. The van der Waals surface area contributed by atoms with Crippen molar-refractivity contribution in [2.75, 3.05) is 12.5 Å². The Morgan fingerprint density at radius 3 is 2.18 bits per heavy atom. The second kappa shape index (κ2) is 1.80. The van der Waals surface area contributed by atoms with Gasteiger partial charge < -0.3 is 0 Å². The van der Waals surface area contributed by atoms with Gasteiger partial charge in [0.1, 0.15) is 0 Å². The molecule has 1 N–H and O–H groups in total. The first-order valence-electron chi connectivity index (χ1n) is 3.64. The van der Waals surface area contributed by atoms with Crippen molar-refractivity contribution < 1.29 is 4.28 Å². The van der Waals surface area contributed by atoms with Crippen LogP contribution in [-0.2, 0) is 4.28 Å². The van der Waals surface area contributed by atoms with Crippen LogP contribution in [0.15, 0.2) is 35.2 Å². The van der Waals surface area contributed by atoms with Crippen molar-refractivity contribution in [2.24, 2.45) is 0 Å². The van der Waals surface area contributed by atoms with E-state index in [9.17, 15) is 0 Å². The van der Waals surface area contributed by atoms with Crippen molar-refractivity contribution >= 4 is 9.63 Å². The molecule has 1 aromatic rings. The molecule has 2 nitrogen and oxygen atoms in total. The Labute approximate surface area is 67.1 Å². The maximum atomic E-state index is 5.35. The Morgan fingerprint density at radius 2 is 1.73 bits per heavy atom. The van der Waals surface area contributed by atoms with E-state index >= 15 is 0 Å². The van der Waals surface area contributed by atoms with Gasteiger partial charge in [-0.15, -0.1) is 14.5 Å². The van der Waals surface area contributed by atoms with Gasteiger partial charge >= 0.3 is 0 Å². The van der Waals surface area contributed by atoms with Crippen LogP contribution in [0.2, 0.25) is 0 Å². The first-order valence-corrected chi connectivity index (χ1v) is 6.69. The predicted molar refractivity (Wildman–Crippen MR) is 49.8 cm³/mol. The second-order valence-electron chi connectivity index (χ2n) is 3.52. The van der Waals surface area contributed by atoms with E-state index in [4.69, 9.17) is 4.28 Å². The van der Waals surface area contributed by atoms with Crippen LogP contribution < -0.4 is 4.89 Å². The lowest BCUT2D eigenvalue weighted by molar-refractivity contribution is 0.466. The van der Waals surface area contributed by atoms with Crippen LogP contribution in [0.3, 0.4) is 0 Å². The standard InChI is InChI=1S/C8H13NOS/c1-11(2,9-10-11)8-6-4-3-5-7-8/h3-7,9,11H,1-2H3. The first kappa shape index (κ1) is 7.16. The molecule has 1 fully saturated rings. The third-order valence-corrected chi connectivity index (χ3v) is 4.95. The van der Waals surface area contributed by atoms with Gasteiger partial charge in [-0.2, -0.15) is 0 Å². The number of benzene rings is 1. The van der Waals surface area contributed by atoms with Gasteiger partial charge in [0.15, 0.2) is 0 Å². The lowest BCUT2D eigenvalue weighted by Gasteiger charge is -2.28. The molecule has 1 aliphatic rings. The van der Waals surface area contributed by atoms with E-state index in [-0.39, 0.29) is 0 Å². The summed E-state index contributed by atoms with van der Waals surface area (Å²) in [6.07, 6.45) is 4.31. The maximum absolute atomic E-state index is 5.35. The van der Waals surface area contributed by atoms with Gasteiger partial charge in [0.2, 0.25) is 0 Å². The molecular formula is C8H13NOS. The molecule has 1 saturated heterocycles. The van der Waals surface area contributed by atoms with Gasteiger partial charge in [-0.1, -0.05) is 18.2 Å². The molecule has 0 saturated carbocycles. The Hall–Kier alpha value is -0.510. The van der Waals surface area contributed by atoms with E-state index in [2.05, 4.69) is 29.5 Å². The smallest absolute Gasteiger partial charge is 0.00821 e. The third-order valence-electron chi connectivity index (χ3n) is 2.05. The minimum Gasteiger partial charge on any atom is -0.246 e. The Balaban J connectivity index is 2.46. The zero-order valence-electron chi connectivity index (χ0n) is 6.74. The van der Waals surface area contributed by atoms with Gasteiger partial charge in [0.05, 0.1) is 0 Å². The average Bonchev–Trinajstić information content (AvgIpc) is 2.67. The van der Waals surface area contributed by atoms with E-state index in [0.29, 0.717) is 0 Å². The zero-order valence-corrected chi connectivity index (χ0v) is 7.64. The molecule has 0 aliphatic carbocycles. The van der Waals surface area contributed by atoms with Crippen LogP contribution in [0.25, 0.3) is 0 Å². The van der Waals surface area contributed by atoms with Crippen LogP contribution in [0.1, 0.15) is 0 Å². The highest BCUT2D eigenvalue weighted by molar-refractivity contribution is 8.47. The minimum absolute atomic E-state index is 1.29. The molecule has 0 unspecified atom stereocenters. The lowest BCUT2D eigenvalue weighted by atomic mass is 10.4. The molecule has 0 radical (unpaired) electrons. The molecule has 2 rings (SSSR count). The summed E-state index contributed by atoms with van der Waals surface area (Å²) < 4.78 is 5.35. The van der Waals surface area contributed by atoms with Gasteiger partial charge in [0, 0.05) is 4.90 Å². The number of hydrogen-bond acceptors (Lipinski definition) is 2. The largest absolute Gasteiger partial charge is 0.246 e. The Morgan fingerprint density at radius 1 is 1.18 bits per heavy atom. The number of thiol groups is 1. The van der Waals surface area contributed by atoms with E-state index in [1.54, 1.807) is 0 Å². The summed E-state index contributed by atoms with van der Waals surface area (Å²) in [4.78, 5) is 4.32. The summed E-state index contributed by atoms with van der Waals surface area (Å²) in [6, 6.07) is 10.3. The van der Waals surface area contributed by atoms with E-state index in [1.165, 1.54) is 4.90 Å². The van der Waals surface area contributed by atoms with Gasteiger partial charge in [-0.05, 0) is 24.6 Å². The van der Waals surface area contributed by atoms with Gasteiger partial charge in [-0.25, -0.2) is 4.28 Å². The molecule has 11 heavy (non-hydrogen) atoms. The number of hydrogen-bond donors (Lipinski definition) is 2. The summed E-state index contributed by atoms with van der Waals surface area (Å²) >= 11 is 0. The lowest BCUT2D eigenvalue weighted by Crippen LogP contribution is -1.99. The summed E-state index contributed by atoms with van der Waals surface area (Å²) in [5.41, 5.74) is 0. The zero-order chi connectivity index (χ0) is 7.97. The molecule has 0 amide bonds. The predicted octanol–water partition coefficient (Wildman–Crippen LogP) is 1.74.